The molecule has 0 atom stereocenters. The van der Waals surface area contributed by atoms with Crippen molar-refractivity contribution in [1.82, 2.24) is 10.2 Å². The Kier molecular flexibility index (Phi) is 3.54. The van der Waals surface area contributed by atoms with Crippen LogP contribution in [0.15, 0.2) is 0 Å². The molecule has 0 aromatic heterocycles. The molecule has 0 aromatic carbocycles. The summed E-state index contributed by atoms with van der Waals surface area (Å²) in [5.41, 5.74) is 0.0918. The van der Waals surface area contributed by atoms with E-state index in [2.05, 4.69) is 31.0 Å². The second-order valence-corrected chi connectivity index (χ2v) is 5.11. The van der Waals surface area contributed by atoms with E-state index < -0.39 is 0 Å². The first-order valence-electron chi connectivity index (χ1n) is 5.06. The van der Waals surface area contributed by atoms with Crippen LogP contribution in [-0.2, 0) is 0 Å². The Balaban J connectivity index is 2.38. The van der Waals surface area contributed by atoms with Crippen molar-refractivity contribution in [3.05, 3.63) is 0 Å². The highest BCUT2D eigenvalue weighted by Crippen LogP contribution is 2.10. The molecule has 1 aliphatic heterocycles. The summed E-state index contributed by atoms with van der Waals surface area (Å²) in [4.78, 5) is 2.28. The summed E-state index contributed by atoms with van der Waals surface area (Å²) < 4.78 is 0. The highest BCUT2D eigenvalue weighted by molar-refractivity contribution is 7.80. The molecule has 0 bridgehead atoms. The first kappa shape index (κ1) is 10.8. The van der Waals surface area contributed by atoms with Crippen LogP contribution in [0.2, 0.25) is 0 Å². The predicted octanol–water partition coefficient (Wildman–Crippen LogP) is 2.15. The third-order valence-corrected chi connectivity index (χ3v) is 2.49. The van der Waals surface area contributed by atoms with E-state index in [0.717, 1.165) is 18.2 Å². The van der Waals surface area contributed by atoms with Crippen molar-refractivity contribution < 1.29 is 0 Å². The quantitative estimate of drug-likeness (QED) is 0.603. The zero-order valence-electron chi connectivity index (χ0n) is 8.89. The minimum atomic E-state index is 0.0918. The maximum absolute atomic E-state index is 5.34. The summed E-state index contributed by atoms with van der Waals surface area (Å²) in [6.45, 7) is 8.68. The van der Waals surface area contributed by atoms with Crippen LogP contribution in [-0.4, -0.2) is 28.6 Å². The number of piperidine rings is 1. The summed E-state index contributed by atoms with van der Waals surface area (Å²) in [6, 6.07) is 0. The first-order valence-corrected chi connectivity index (χ1v) is 5.47. The molecule has 0 aliphatic carbocycles. The first-order chi connectivity index (χ1) is 5.99. The summed E-state index contributed by atoms with van der Waals surface area (Å²) in [5.74, 6) is 0. The Hall–Kier alpha value is -0.310. The van der Waals surface area contributed by atoms with Gasteiger partial charge in [-0.25, -0.2) is 0 Å². The Morgan fingerprint density at radius 1 is 1.15 bits per heavy atom. The molecule has 0 saturated carbocycles. The standard InChI is InChI=1S/C10H20N2S/c1-10(2,3)11-9(13)12-7-5-4-6-8-12/h4-8H2,1-3H3,(H,11,13). The van der Waals surface area contributed by atoms with E-state index in [1.54, 1.807) is 0 Å². The fourth-order valence-electron chi connectivity index (χ4n) is 1.50. The fraction of sp³-hybridized carbons (Fsp3) is 0.900. The third kappa shape index (κ3) is 3.94. The van der Waals surface area contributed by atoms with Gasteiger partial charge in [-0.15, -0.1) is 0 Å². The minimum Gasteiger partial charge on any atom is -0.358 e. The smallest absolute Gasteiger partial charge is 0.169 e. The van der Waals surface area contributed by atoms with Crippen LogP contribution in [0.3, 0.4) is 0 Å². The number of rotatable bonds is 0. The molecule has 0 aromatic rings. The largest absolute Gasteiger partial charge is 0.358 e. The lowest BCUT2D eigenvalue weighted by Gasteiger charge is -2.33. The van der Waals surface area contributed by atoms with Crippen LogP contribution >= 0.6 is 12.2 Å². The Morgan fingerprint density at radius 2 is 1.69 bits per heavy atom. The summed E-state index contributed by atoms with van der Waals surface area (Å²) in [6.07, 6.45) is 3.92. The van der Waals surface area contributed by atoms with Crippen LogP contribution < -0.4 is 5.32 Å². The second kappa shape index (κ2) is 4.27. The molecule has 0 amide bonds. The van der Waals surface area contributed by atoms with E-state index in [-0.39, 0.29) is 5.54 Å². The molecular formula is C10H20N2S. The van der Waals surface area contributed by atoms with Crippen molar-refractivity contribution >= 4 is 17.3 Å². The van der Waals surface area contributed by atoms with Gasteiger partial charge in [0.05, 0.1) is 0 Å². The maximum Gasteiger partial charge on any atom is 0.169 e. The normalized spacial score (nSPS) is 18.5. The lowest BCUT2D eigenvalue weighted by Crippen LogP contribution is -2.49. The van der Waals surface area contributed by atoms with Gasteiger partial charge in [0.1, 0.15) is 0 Å². The van der Waals surface area contributed by atoms with Gasteiger partial charge < -0.3 is 10.2 Å². The lowest BCUT2D eigenvalue weighted by molar-refractivity contribution is 0.327. The Bertz CT molecular complexity index is 178. The van der Waals surface area contributed by atoms with E-state index in [1.807, 2.05) is 0 Å². The molecule has 1 fully saturated rings. The molecule has 0 radical (unpaired) electrons. The van der Waals surface area contributed by atoms with Crippen molar-refractivity contribution in [2.24, 2.45) is 0 Å². The van der Waals surface area contributed by atoms with E-state index >= 15 is 0 Å². The van der Waals surface area contributed by atoms with Gasteiger partial charge >= 0.3 is 0 Å². The third-order valence-electron chi connectivity index (χ3n) is 2.13. The van der Waals surface area contributed by atoms with Gasteiger partial charge in [-0.3, -0.25) is 0 Å². The summed E-state index contributed by atoms with van der Waals surface area (Å²) in [7, 11) is 0. The van der Waals surface area contributed by atoms with E-state index in [1.165, 1.54) is 19.3 Å². The van der Waals surface area contributed by atoms with Gasteiger partial charge in [-0.2, -0.15) is 0 Å². The van der Waals surface area contributed by atoms with Crippen molar-refractivity contribution in [3.63, 3.8) is 0 Å². The predicted molar refractivity (Wildman–Crippen MR) is 60.9 cm³/mol. The molecular weight excluding hydrogens is 180 g/mol. The molecule has 13 heavy (non-hydrogen) atoms. The van der Waals surface area contributed by atoms with E-state index in [9.17, 15) is 0 Å². The zero-order valence-corrected chi connectivity index (χ0v) is 9.71. The Labute approximate surface area is 86.7 Å². The molecule has 3 heteroatoms. The van der Waals surface area contributed by atoms with Crippen LogP contribution in [0.25, 0.3) is 0 Å². The molecule has 1 aliphatic rings. The number of hydrogen-bond acceptors (Lipinski definition) is 1. The van der Waals surface area contributed by atoms with Crippen LogP contribution in [0.4, 0.5) is 0 Å². The molecule has 0 spiro atoms. The van der Waals surface area contributed by atoms with Crippen molar-refractivity contribution in [3.8, 4) is 0 Å². The fourth-order valence-corrected chi connectivity index (χ4v) is 1.99. The lowest BCUT2D eigenvalue weighted by atomic mass is 10.1. The minimum absolute atomic E-state index is 0.0918. The van der Waals surface area contributed by atoms with Gasteiger partial charge in [-0.1, -0.05) is 0 Å². The van der Waals surface area contributed by atoms with Crippen LogP contribution in [0, 0.1) is 0 Å². The van der Waals surface area contributed by atoms with Gasteiger partial charge in [0, 0.05) is 18.6 Å². The molecule has 1 saturated heterocycles. The molecule has 2 nitrogen and oxygen atoms in total. The number of thiocarbonyl (C=S) groups is 1. The van der Waals surface area contributed by atoms with Crippen LogP contribution in [0.1, 0.15) is 40.0 Å². The van der Waals surface area contributed by atoms with E-state index in [4.69, 9.17) is 12.2 Å². The number of nitrogens with zero attached hydrogens (tertiary/aromatic N) is 1. The van der Waals surface area contributed by atoms with Crippen molar-refractivity contribution in [1.29, 1.82) is 0 Å². The number of nitrogens with one attached hydrogen (secondary N) is 1. The van der Waals surface area contributed by atoms with Gasteiger partial charge in [-0.05, 0) is 52.3 Å². The molecule has 1 rings (SSSR count). The second-order valence-electron chi connectivity index (χ2n) is 4.73. The Morgan fingerprint density at radius 3 is 2.15 bits per heavy atom. The average molecular weight is 200 g/mol. The summed E-state index contributed by atoms with van der Waals surface area (Å²) in [5, 5.41) is 4.27. The topological polar surface area (TPSA) is 15.3 Å². The molecule has 76 valence electrons. The maximum atomic E-state index is 5.34. The van der Waals surface area contributed by atoms with Gasteiger partial charge in [0.15, 0.2) is 5.11 Å². The average Bonchev–Trinajstić information content (AvgIpc) is 2.03. The summed E-state index contributed by atoms with van der Waals surface area (Å²) >= 11 is 5.34. The number of likely N-dealkylation sites (tertiary alicyclic amines) is 1. The highest BCUT2D eigenvalue weighted by atomic mass is 32.1. The van der Waals surface area contributed by atoms with Crippen molar-refractivity contribution in [2.75, 3.05) is 13.1 Å². The van der Waals surface area contributed by atoms with Crippen molar-refractivity contribution in [2.45, 2.75) is 45.6 Å². The van der Waals surface area contributed by atoms with E-state index in [0.29, 0.717) is 0 Å². The van der Waals surface area contributed by atoms with Gasteiger partial charge in [0.25, 0.3) is 0 Å². The molecule has 1 heterocycles. The SMILES string of the molecule is CC(C)(C)NC(=S)N1CCCCC1. The van der Waals surface area contributed by atoms with Crippen LogP contribution in [0.5, 0.6) is 0 Å². The monoisotopic (exact) mass is 200 g/mol. The highest BCUT2D eigenvalue weighted by Gasteiger charge is 2.17. The van der Waals surface area contributed by atoms with Gasteiger partial charge in [0.2, 0.25) is 0 Å². The zero-order chi connectivity index (χ0) is 9.90. The number of hydrogen-bond donors (Lipinski definition) is 1. The molecule has 0 unspecified atom stereocenters. The molecule has 1 N–H and O–H groups in total.